The lowest BCUT2D eigenvalue weighted by molar-refractivity contribution is -0.166. The summed E-state index contributed by atoms with van der Waals surface area (Å²) in [5, 5.41) is 11.4. The highest BCUT2D eigenvalue weighted by atomic mass is 16.5. The van der Waals surface area contributed by atoms with Gasteiger partial charge in [-0.3, -0.25) is 4.79 Å². The molecule has 0 bridgehead atoms. The van der Waals surface area contributed by atoms with Gasteiger partial charge in [-0.05, 0) is 6.92 Å². The third-order valence-corrected chi connectivity index (χ3v) is 1.29. The van der Waals surface area contributed by atoms with Crippen molar-refractivity contribution in [2.75, 3.05) is 7.11 Å². The van der Waals surface area contributed by atoms with E-state index in [9.17, 15) is 14.7 Å². The Balaban J connectivity index is 4.21. The molecule has 5 nitrogen and oxygen atoms in total. The molecule has 12 heavy (non-hydrogen) atoms. The number of esters is 1. The van der Waals surface area contributed by atoms with E-state index >= 15 is 0 Å². The highest BCUT2D eigenvalue weighted by molar-refractivity contribution is 5.85. The molecule has 0 aliphatic rings. The first-order chi connectivity index (χ1) is 5.44. The van der Waals surface area contributed by atoms with Crippen LogP contribution >= 0.6 is 0 Å². The maximum Gasteiger partial charge on any atom is 0.359 e. The Hall–Kier alpha value is -1.10. The molecule has 1 amide bonds. The van der Waals surface area contributed by atoms with E-state index in [-0.39, 0.29) is 6.42 Å². The maximum atomic E-state index is 10.8. The van der Waals surface area contributed by atoms with E-state index in [0.717, 1.165) is 14.0 Å². The van der Waals surface area contributed by atoms with Crippen LogP contribution < -0.4 is 5.32 Å². The van der Waals surface area contributed by atoms with Gasteiger partial charge in [0.15, 0.2) is 0 Å². The second-order valence-electron chi connectivity index (χ2n) is 2.47. The number of amides is 1. The summed E-state index contributed by atoms with van der Waals surface area (Å²) >= 11 is 0. The summed E-state index contributed by atoms with van der Waals surface area (Å²) in [6.45, 7) is 2.77. The number of hydrogen-bond donors (Lipinski definition) is 2. The zero-order valence-electron chi connectivity index (χ0n) is 7.38. The number of carbonyl (C=O) groups excluding carboxylic acids is 2. The standard InChI is InChI=1S/C7H13NO4/c1-4-5(9)8-7(2,11)6(10)12-3/h11H,4H2,1-3H3,(H,8,9). The van der Waals surface area contributed by atoms with Crippen LogP contribution in [0.4, 0.5) is 0 Å². The number of carbonyl (C=O) groups is 2. The molecule has 0 saturated carbocycles. The summed E-state index contributed by atoms with van der Waals surface area (Å²) in [5.74, 6) is -1.30. The van der Waals surface area contributed by atoms with E-state index in [0.29, 0.717) is 0 Å². The van der Waals surface area contributed by atoms with Gasteiger partial charge in [0, 0.05) is 6.42 Å². The van der Waals surface area contributed by atoms with E-state index in [2.05, 4.69) is 10.1 Å². The minimum absolute atomic E-state index is 0.202. The predicted octanol–water partition coefficient (Wildman–Crippen LogP) is -0.606. The predicted molar refractivity (Wildman–Crippen MR) is 41.1 cm³/mol. The van der Waals surface area contributed by atoms with Crippen LogP contribution in [0, 0.1) is 0 Å². The van der Waals surface area contributed by atoms with Gasteiger partial charge in [0.2, 0.25) is 11.6 Å². The lowest BCUT2D eigenvalue weighted by Crippen LogP contribution is -2.52. The van der Waals surface area contributed by atoms with E-state index in [1.807, 2.05) is 0 Å². The summed E-state index contributed by atoms with van der Waals surface area (Å²) in [6, 6.07) is 0. The molecular weight excluding hydrogens is 162 g/mol. The van der Waals surface area contributed by atoms with E-state index in [4.69, 9.17) is 0 Å². The molecule has 0 radical (unpaired) electrons. The van der Waals surface area contributed by atoms with Crippen LogP contribution in [0.1, 0.15) is 20.3 Å². The van der Waals surface area contributed by atoms with Crippen LogP contribution in [0.3, 0.4) is 0 Å². The van der Waals surface area contributed by atoms with Crippen molar-refractivity contribution in [2.45, 2.75) is 26.0 Å². The first-order valence-electron chi connectivity index (χ1n) is 3.55. The molecule has 2 N–H and O–H groups in total. The highest BCUT2D eigenvalue weighted by Gasteiger charge is 2.32. The number of nitrogens with one attached hydrogen (secondary N) is 1. The van der Waals surface area contributed by atoms with E-state index in [1.165, 1.54) is 0 Å². The van der Waals surface area contributed by atoms with Gasteiger partial charge in [0.1, 0.15) is 0 Å². The van der Waals surface area contributed by atoms with Crippen molar-refractivity contribution in [3.63, 3.8) is 0 Å². The Morgan fingerprint density at radius 1 is 1.58 bits per heavy atom. The van der Waals surface area contributed by atoms with Crippen molar-refractivity contribution >= 4 is 11.9 Å². The molecule has 0 saturated heterocycles. The maximum absolute atomic E-state index is 10.8. The van der Waals surface area contributed by atoms with Crippen LogP contribution in [0.25, 0.3) is 0 Å². The Kier molecular flexibility index (Phi) is 3.69. The van der Waals surface area contributed by atoms with Crippen LogP contribution in [0.15, 0.2) is 0 Å². The van der Waals surface area contributed by atoms with Gasteiger partial charge in [-0.2, -0.15) is 0 Å². The van der Waals surface area contributed by atoms with Gasteiger partial charge < -0.3 is 15.2 Å². The molecule has 0 rings (SSSR count). The Morgan fingerprint density at radius 2 is 2.08 bits per heavy atom. The number of aliphatic hydroxyl groups is 1. The zero-order chi connectivity index (χ0) is 9.78. The van der Waals surface area contributed by atoms with Gasteiger partial charge in [-0.25, -0.2) is 4.79 Å². The van der Waals surface area contributed by atoms with Crippen molar-refractivity contribution < 1.29 is 19.4 Å². The molecule has 1 atom stereocenters. The average molecular weight is 175 g/mol. The molecular formula is C7H13NO4. The third kappa shape index (κ3) is 2.87. The van der Waals surface area contributed by atoms with Crippen molar-refractivity contribution in [1.82, 2.24) is 5.32 Å². The minimum Gasteiger partial charge on any atom is -0.465 e. The van der Waals surface area contributed by atoms with E-state index < -0.39 is 17.6 Å². The fourth-order valence-corrected chi connectivity index (χ4v) is 0.610. The van der Waals surface area contributed by atoms with Crippen LogP contribution in [0.2, 0.25) is 0 Å². The molecule has 0 heterocycles. The van der Waals surface area contributed by atoms with E-state index in [1.54, 1.807) is 6.92 Å². The lowest BCUT2D eigenvalue weighted by atomic mass is 10.2. The molecule has 0 aliphatic heterocycles. The fraction of sp³-hybridized carbons (Fsp3) is 0.714. The van der Waals surface area contributed by atoms with Crippen molar-refractivity contribution in [3.8, 4) is 0 Å². The number of ether oxygens (including phenoxy) is 1. The highest BCUT2D eigenvalue weighted by Crippen LogP contribution is 2.00. The summed E-state index contributed by atoms with van der Waals surface area (Å²) < 4.78 is 4.26. The molecule has 0 aliphatic carbocycles. The lowest BCUT2D eigenvalue weighted by Gasteiger charge is -2.20. The minimum atomic E-state index is -1.93. The van der Waals surface area contributed by atoms with Gasteiger partial charge >= 0.3 is 5.97 Å². The summed E-state index contributed by atoms with van der Waals surface area (Å²) in [5.41, 5.74) is -1.93. The molecule has 0 aromatic carbocycles. The SMILES string of the molecule is CCC(=O)NC(C)(O)C(=O)OC. The van der Waals surface area contributed by atoms with Crippen molar-refractivity contribution in [3.05, 3.63) is 0 Å². The molecule has 0 fully saturated rings. The van der Waals surface area contributed by atoms with Crippen LogP contribution in [0.5, 0.6) is 0 Å². The Labute approximate surface area is 70.7 Å². The molecule has 5 heteroatoms. The van der Waals surface area contributed by atoms with Gasteiger partial charge in [-0.15, -0.1) is 0 Å². The molecule has 0 spiro atoms. The smallest absolute Gasteiger partial charge is 0.359 e. The van der Waals surface area contributed by atoms with Gasteiger partial charge in [-0.1, -0.05) is 6.92 Å². The largest absolute Gasteiger partial charge is 0.465 e. The number of rotatable bonds is 3. The number of methoxy groups -OCH3 is 1. The normalized spacial score (nSPS) is 14.7. The zero-order valence-corrected chi connectivity index (χ0v) is 7.38. The van der Waals surface area contributed by atoms with Gasteiger partial charge in [0.05, 0.1) is 7.11 Å². The first-order valence-corrected chi connectivity index (χ1v) is 3.55. The Morgan fingerprint density at radius 3 is 2.42 bits per heavy atom. The second kappa shape index (κ2) is 4.06. The third-order valence-electron chi connectivity index (χ3n) is 1.29. The monoisotopic (exact) mass is 175 g/mol. The summed E-state index contributed by atoms with van der Waals surface area (Å²) in [7, 11) is 1.13. The Bertz CT molecular complexity index is 188. The quantitative estimate of drug-likeness (QED) is 0.443. The van der Waals surface area contributed by atoms with Crippen molar-refractivity contribution in [1.29, 1.82) is 0 Å². The summed E-state index contributed by atoms with van der Waals surface area (Å²) in [4.78, 5) is 21.6. The van der Waals surface area contributed by atoms with Crippen LogP contribution in [-0.4, -0.2) is 29.8 Å². The molecule has 0 aromatic rings. The van der Waals surface area contributed by atoms with Crippen molar-refractivity contribution in [2.24, 2.45) is 0 Å². The van der Waals surface area contributed by atoms with Gasteiger partial charge in [0.25, 0.3) is 0 Å². The number of hydrogen-bond acceptors (Lipinski definition) is 4. The van der Waals surface area contributed by atoms with Crippen LogP contribution in [-0.2, 0) is 14.3 Å². The summed E-state index contributed by atoms with van der Waals surface area (Å²) in [6.07, 6.45) is 0.202. The average Bonchev–Trinajstić information content (AvgIpc) is 2.02. The fourth-order valence-electron chi connectivity index (χ4n) is 0.610. The first kappa shape index (κ1) is 10.9. The molecule has 70 valence electrons. The molecule has 0 aromatic heterocycles. The topological polar surface area (TPSA) is 75.6 Å². The molecule has 1 unspecified atom stereocenters. The second-order valence-corrected chi connectivity index (χ2v) is 2.47.